The fraction of sp³-hybridized carbons (Fsp3) is 0.160. The molecular weight excluding hydrogens is 487 g/mol. The Hall–Kier alpha value is -3.75. The van der Waals surface area contributed by atoms with Crippen molar-refractivity contribution in [3.63, 3.8) is 0 Å². The van der Waals surface area contributed by atoms with E-state index in [0.717, 1.165) is 5.69 Å². The van der Waals surface area contributed by atoms with Crippen molar-refractivity contribution in [1.82, 2.24) is 14.8 Å². The molecule has 0 saturated heterocycles. The smallest absolute Gasteiger partial charge is 0.325 e. The molecule has 0 aliphatic heterocycles. The summed E-state index contributed by atoms with van der Waals surface area (Å²) in [6.07, 6.45) is 1.56. The molecule has 8 nitrogen and oxygen atoms in total. The van der Waals surface area contributed by atoms with Crippen LogP contribution in [0.2, 0.25) is 10.0 Å². The zero-order valence-corrected chi connectivity index (χ0v) is 20.9. The number of halogens is 2. The Morgan fingerprint density at radius 1 is 0.971 bits per heavy atom. The summed E-state index contributed by atoms with van der Waals surface area (Å²) in [5, 5.41) is 5.63. The van der Waals surface area contributed by atoms with Crippen LogP contribution in [0.25, 0.3) is 5.69 Å². The lowest BCUT2D eigenvalue weighted by atomic mass is 9.92. The summed E-state index contributed by atoms with van der Waals surface area (Å²) in [4.78, 5) is 18.0. The number of nitrogens with zero attached hydrogens (tertiary/aromatic N) is 4. The average Bonchev–Trinajstić information content (AvgIpc) is 3.20. The minimum Gasteiger partial charge on any atom is -0.457 e. The topological polar surface area (TPSA) is 112 Å². The number of pyridine rings is 1. The maximum atomic E-state index is 12.7. The summed E-state index contributed by atoms with van der Waals surface area (Å²) in [6.45, 7) is 6.09. The minimum atomic E-state index is -0.685. The second kappa shape index (κ2) is 9.48. The van der Waals surface area contributed by atoms with Gasteiger partial charge in [0.2, 0.25) is 0 Å². The summed E-state index contributed by atoms with van der Waals surface area (Å²) in [5.74, 6) is 1.89. The summed E-state index contributed by atoms with van der Waals surface area (Å²) in [7, 11) is 0. The van der Waals surface area contributed by atoms with Crippen molar-refractivity contribution in [2.45, 2.75) is 26.2 Å². The highest BCUT2D eigenvalue weighted by molar-refractivity contribution is 6.34. The molecule has 0 fully saturated rings. The van der Waals surface area contributed by atoms with Gasteiger partial charge in [-0.25, -0.2) is 19.4 Å². The van der Waals surface area contributed by atoms with Gasteiger partial charge in [0.05, 0.1) is 17.1 Å². The highest BCUT2D eigenvalue weighted by atomic mass is 35.5. The predicted octanol–water partition coefficient (Wildman–Crippen LogP) is 6.46. The van der Waals surface area contributed by atoms with Crippen LogP contribution >= 0.6 is 23.2 Å². The number of amides is 2. The number of ether oxygens (including phenoxy) is 1. The van der Waals surface area contributed by atoms with E-state index in [4.69, 9.17) is 44.5 Å². The first-order valence-electron chi connectivity index (χ1n) is 10.7. The number of benzene rings is 2. The normalized spacial score (nSPS) is 11.3. The molecule has 0 aliphatic carbocycles. The standard InChI is InChI=1S/C25H24Cl2N6O2/c1-25(2,3)21-14-23(33(31-21)18-11-15(26)10-16(27)12-18)32(24(29)34)17-4-6-19(7-5-17)35-20-8-9-30-22(28)13-20/h4-14H,1-3H3,(H2,28,30)(H2,29,34). The molecule has 0 aliphatic rings. The van der Waals surface area contributed by atoms with Gasteiger partial charge in [-0.15, -0.1) is 0 Å². The molecule has 0 bridgehead atoms. The molecule has 35 heavy (non-hydrogen) atoms. The zero-order chi connectivity index (χ0) is 25.3. The number of carbonyl (C=O) groups is 1. The van der Waals surface area contributed by atoms with E-state index in [1.54, 1.807) is 65.5 Å². The van der Waals surface area contributed by atoms with Crippen LogP contribution in [-0.2, 0) is 5.41 Å². The van der Waals surface area contributed by atoms with Crippen LogP contribution in [0.1, 0.15) is 26.5 Å². The molecule has 4 N–H and O–H groups in total. The molecule has 0 spiro atoms. The van der Waals surface area contributed by atoms with Crippen LogP contribution in [0.15, 0.2) is 66.9 Å². The van der Waals surface area contributed by atoms with Crippen LogP contribution in [0.5, 0.6) is 11.5 Å². The van der Waals surface area contributed by atoms with Crippen LogP contribution < -0.4 is 21.1 Å². The Bertz CT molecular complexity index is 1360. The SMILES string of the molecule is CC(C)(C)c1cc(N(C(N)=O)c2ccc(Oc3ccnc(N)c3)cc2)n(-c2cc(Cl)cc(Cl)c2)n1. The molecule has 2 aromatic carbocycles. The number of rotatable bonds is 5. The number of hydrogen-bond acceptors (Lipinski definition) is 5. The quantitative estimate of drug-likeness (QED) is 0.319. The van der Waals surface area contributed by atoms with Gasteiger partial charge in [-0.2, -0.15) is 5.10 Å². The molecule has 2 amide bonds. The third kappa shape index (κ3) is 5.50. The van der Waals surface area contributed by atoms with Gasteiger partial charge in [0, 0.05) is 33.8 Å². The number of aromatic nitrogens is 3. The first-order valence-corrected chi connectivity index (χ1v) is 11.4. The third-order valence-electron chi connectivity index (χ3n) is 5.08. The van der Waals surface area contributed by atoms with Gasteiger partial charge in [-0.05, 0) is 48.5 Å². The Kier molecular flexibility index (Phi) is 6.60. The van der Waals surface area contributed by atoms with Gasteiger partial charge in [0.25, 0.3) is 0 Å². The zero-order valence-electron chi connectivity index (χ0n) is 19.4. The lowest BCUT2D eigenvalue weighted by Crippen LogP contribution is -2.33. The van der Waals surface area contributed by atoms with Crippen molar-refractivity contribution in [3.8, 4) is 17.2 Å². The summed E-state index contributed by atoms with van der Waals surface area (Å²) >= 11 is 12.5. The fourth-order valence-corrected chi connectivity index (χ4v) is 3.93. The van der Waals surface area contributed by atoms with E-state index in [1.165, 1.54) is 4.90 Å². The second-order valence-corrected chi connectivity index (χ2v) is 9.74. The average molecular weight is 511 g/mol. The number of primary amides is 1. The fourth-order valence-electron chi connectivity index (χ4n) is 3.41. The van der Waals surface area contributed by atoms with E-state index >= 15 is 0 Å². The number of urea groups is 1. The van der Waals surface area contributed by atoms with Gasteiger partial charge < -0.3 is 16.2 Å². The third-order valence-corrected chi connectivity index (χ3v) is 5.52. The van der Waals surface area contributed by atoms with Crippen molar-refractivity contribution in [2.24, 2.45) is 5.73 Å². The molecule has 2 heterocycles. The molecule has 0 saturated carbocycles. The lowest BCUT2D eigenvalue weighted by molar-refractivity contribution is 0.256. The molecular formula is C25H24Cl2N6O2. The Labute approximate surface area is 213 Å². The van der Waals surface area contributed by atoms with Crippen LogP contribution in [0.3, 0.4) is 0 Å². The van der Waals surface area contributed by atoms with E-state index < -0.39 is 6.03 Å². The van der Waals surface area contributed by atoms with Crippen molar-refractivity contribution in [3.05, 3.63) is 82.6 Å². The highest BCUT2D eigenvalue weighted by Crippen LogP contribution is 2.35. The Morgan fingerprint density at radius 2 is 1.63 bits per heavy atom. The van der Waals surface area contributed by atoms with Gasteiger partial charge in [0.1, 0.15) is 23.1 Å². The maximum Gasteiger partial charge on any atom is 0.325 e. The number of hydrogen-bond donors (Lipinski definition) is 2. The van der Waals surface area contributed by atoms with E-state index in [1.807, 2.05) is 26.8 Å². The largest absolute Gasteiger partial charge is 0.457 e. The van der Waals surface area contributed by atoms with E-state index in [9.17, 15) is 4.79 Å². The van der Waals surface area contributed by atoms with Gasteiger partial charge in [-0.3, -0.25) is 0 Å². The summed E-state index contributed by atoms with van der Waals surface area (Å²) in [6, 6.07) is 16.4. The first kappa shape index (κ1) is 24.4. The molecule has 0 unspecified atom stereocenters. The number of anilines is 3. The van der Waals surface area contributed by atoms with Crippen molar-refractivity contribution < 1.29 is 9.53 Å². The molecule has 180 valence electrons. The molecule has 0 atom stereocenters. The van der Waals surface area contributed by atoms with Crippen molar-refractivity contribution in [2.75, 3.05) is 10.6 Å². The van der Waals surface area contributed by atoms with Crippen molar-refractivity contribution >= 4 is 46.6 Å². The summed E-state index contributed by atoms with van der Waals surface area (Å²) < 4.78 is 7.43. The Morgan fingerprint density at radius 3 is 2.20 bits per heavy atom. The molecule has 2 aromatic heterocycles. The molecule has 0 radical (unpaired) electrons. The number of carbonyl (C=O) groups excluding carboxylic acids is 1. The Balaban J connectivity index is 1.77. The van der Waals surface area contributed by atoms with E-state index in [-0.39, 0.29) is 5.41 Å². The predicted molar refractivity (Wildman–Crippen MR) is 139 cm³/mol. The van der Waals surface area contributed by atoms with Crippen LogP contribution in [0.4, 0.5) is 22.1 Å². The summed E-state index contributed by atoms with van der Waals surface area (Å²) in [5.41, 5.74) is 13.1. The first-order chi connectivity index (χ1) is 16.5. The minimum absolute atomic E-state index is 0.296. The number of nitrogen functional groups attached to an aromatic ring is 1. The molecule has 4 rings (SSSR count). The van der Waals surface area contributed by atoms with E-state index in [0.29, 0.717) is 44.6 Å². The monoisotopic (exact) mass is 510 g/mol. The van der Waals surface area contributed by atoms with Crippen LogP contribution in [-0.4, -0.2) is 20.8 Å². The van der Waals surface area contributed by atoms with Gasteiger partial charge in [-0.1, -0.05) is 44.0 Å². The second-order valence-electron chi connectivity index (χ2n) is 8.86. The molecule has 10 heteroatoms. The highest BCUT2D eigenvalue weighted by Gasteiger charge is 2.26. The van der Waals surface area contributed by atoms with Gasteiger partial charge in [0.15, 0.2) is 0 Å². The lowest BCUT2D eigenvalue weighted by Gasteiger charge is -2.22. The molecule has 4 aromatic rings. The number of nitrogens with two attached hydrogens (primary N) is 2. The maximum absolute atomic E-state index is 12.7. The van der Waals surface area contributed by atoms with Crippen molar-refractivity contribution in [1.29, 1.82) is 0 Å². The van der Waals surface area contributed by atoms with Crippen LogP contribution in [0, 0.1) is 0 Å². The van der Waals surface area contributed by atoms with Gasteiger partial charge >= 0.3 is 6.03 Å². The van der Waals surface area contributed by atoms with E-state index in [2.05, 4.69) is 4.98 Å².